The van der Waals surface area contributed by atoms with Crippen molar-refractivity contribution in [1.29, 1.82) is 0 Å². The molecule has 1 aromatic carbocycles. The lowest BCUT2D eigenvalue weighted by Gasteiger charge is -2.29. The average molecular weight is 173 g/mol. The Kier molecular flexibility index (Phi) is 1.58. The van der Waals surface area contributed by atoms with E-state index in [0.29, 0.717) is 0 Å². The summed E-state index contributed by atoms with van der Waals surface area (Å²) in [5.41, 5.74) is 2.95. The number of fused-ring (bicyclic) bond motifs is 3. The molecule has 1 aliphatic heterocycles. The predicted molar refractivity (Wildman–Crippen MR) is 55.0 cm³/mol. The Labute approximate surface area is 79.2 Å². The van der Waals surface area contributed by atoms with Crippen LogP contribution in [0.3, 0.4) is 0 Å². The summed E-state index contributed by atoms with van der Waals surface area (Å²) in [7, 11) is 0. The van der Waals surface area contributed by atoms with Gasteiger partial charge in [-0.05, 0) is 36.3 Å². The summed E-state index contributed by atoms with van der Waals surface area (Å²) in [4.78, 5) is 0. The highest BCUT2D eigenvalue weighted by atomic mass is 14.9. The summed E-state index contributed by atoms with van der Waals surface area (Å²) in [5.74, 6) is 1.77. The van der Waals surface area contributed by atoms with E-state index in [1.165, 1.54) is 31.5 Å². The molecule has 1 aromatic rings. The number of hydrogen-bond acceptors (Lipinski definition) is 1. The molecular weight excluding hydrogens is 158 g/mol. The lowest BCUT2D eigenvalue weighted by Crippen LogP contribution is -2.23. The Bertz CT molecular complexity index is 319. The molecule has 2 atom stereocenters. The van der Waals surface area contributed by atoms with Crippen molar-refractivity contribution in [1.82, 2.24) is 0 Å². The van der Waals surface area contributed by atoms with E-state index in [1.54, 1.807) is 5.56 Å². The summed E-state index contributed by atoms with van der Waals surface area (Å²) < 4.78 is 0. The molecule has 0 spiro atoms. The standard InChI is InChI=1S/C12H15N/c1-2-7-12-11(5-1)10-6-3-4-9(10)8-13-12/h1-2,5,7,9-10,13H,3-4,6,8H2/t9-,10?/m0/s1. The van der Waals surface area contributed by atoms with Crippen molar-refractivity contribution < 1.29 is 0 Å². The van der Waals surface area contributed by atoms with Crippen LogP contribution in [-0.4, -0.2) is 6.54 Å². The smallest absolute Gasteiger partial charge is 0.0375 e. The van der Waals surface area contributed by atoms with Crippen LogP contribution >= 0.6 is 0 Å². The Morgan fingerprint density at radius 1 is 1.15 bits per heavy atom. The number of anilines is 1. The first-order valence-electron chi connectivity index (χ1n) is 5.28. The minimum atomic E-state index is 0.859. The largest absolute Gasteiger partial charge is 0.385 e. The van der Waals surface area contributed by atoms with Crippen molar-refractivity contribution in [3.8, 4) is 0 Å². The third-order valence-corrected chi connectivity index (χ3v) is 3.57. The van der Waals surface area contributed by atoms with Crippen LogP contribution in [0.2, 0.25) is 0 Å². The van der Waals surface area contributed by atoms with Gasteiger partial charge in [-0.3, -0.25) is 0 Å². The highest BCUT2D eigenvalue weighted by Gasteiger charge is 2.32. The van der Waals surface area contributed by atoms with Crippen LogP contribution in [0.15, 0.2) is 24.3 Å². The van der Waals surface area contributed by atoms with Crippen LogP contribution in [0.1, 0.15) is 30.7 Å². The van der Waals surface area contributed by atoms with Gasteiger partial charge >= 0.3 is 0 Å². The quantitative estimate of drug-likeness (QED) is 0.636. The van der Waals surface area contributed by atoms with Gasteiger partial charge in [-0.2, -0.15) is 0 Å². The van der Waals surface area contributed by atoms with Crippen LogP contribution in [0, 0.1) is 5.92 Å². The molecule has 1 fully saturated rings. The molecule has 1 nitrogen and oxygen atoms in total. The third kappa shape index (κ3) is 1.06. The van der Waals surface area contributed by atoms with Gasteiger partial charge in [0.2, 0.25) is 0 Å². The summed E-state index contributed by atoms with van der Waals surface area (Å²) in [6.45, 7) is 1.20. The van der Waals surface area contributed by atoms with Gasteiger partial charge < -0.3 is 5.32 Å². The Morgan fingerprint density at radius 3 is 3.08 bits per heavy atom. The van der Waals surface area contributed by atoms with Crippen LogP contribution in [0.4, 0.5) is 5.69 Å². The number of benzene rings is 1. The molecular formula is C12H15N. The van der Waals surface area contributed by atoms with E-state index in [-0.39, 0.29) is 0 Å². The first-order valence-corrected chi connectivity index (χ1v) is 5.28. The zero-order valence-electron chi connectivity index (χ0n) is 7.79. The van der Waals surface area contributed by atoms with E-state index in [0.717, 1.165) is 11.8 Å². The van der Waals surface area contributed by atoms with E-state index in [9.17, 15) is 0 Å². The SMILES string of the molecule is c1ccc2c(c1)NC[C@@H]1CCCC21. The minimum Gasteiger partial charge on any atom is -0.385 e. The number of hydrogen-bond donors (Lipinski definition) is 1. The van der Waals surface area contributed by atoms with Crippen LogP contribution < -0.4 is 5.32 Å². The second-order valence-corrected chi connectivity index (χ2v) is 4.27. The Morgan fingerprint density at radius 2 is 2.08 bits per heavy atom. The van der Waals surface area contributed by atoms with Crippen molar-refractivity contribution in [2.75, 3.05) is 11.9 Å². The maximum atomic E-state index is 3.53. The van der Waals surface area contributed by atoms with Gasteiger partial charge in [0.25, 0.3) is 0 Å². The van der Waals surface area contributed by atoms with Gasteiger partial charge in [-0.25, -0.2) is 0 Å². The summed E-state index contributed by atoms with van der Waals surface area (Å²) in [6.07, 6.45) is 4.25. The monoisotopic (exact) mass is 173 g/mol. The van der Waals surface area contributed by atoms with Gasteiger partial charge in [0, 0.05) is 12.2 Å². The van der Waals surface area contributed by atoms with Crippen molar-refractivity contribution >= 4 is 5.69 Å². The molecule has 1 heterocycles. The normalized spacial score (nSPS) is 30.5. The van der Waals surface area contributed by atoms with Gasteiger partial charge in [0.15, 0.2) is 0 Å². The highest BCUT2D eigenvalue weighted by molar-refractivity contribution is 5.55. The van der Waals surface area contributed by atoms with Crippen LogP contribution in [0.25, 0.3) is 0 Å². The summed E-state index contributed by atoms with van der Waals surface area (Å²) in [6, 6.07) is 8.80. The minimum absolute atomic E-state index is 0.859. The topological polar surface area (TPSA) is 12.0 Å². The summed E-state index contributed by atoms with van der Waals surface area (Å²) in [5, 5.41) is 3.53. The van der Waals surface area contributed by atoms with Crippen molar-refractivity contribution in [2.24, 2.45) is 5.92 Å². The first kappa shape index (κ1) is 7.43. The highest BCUT2D eigenvalue weighted by Crippen LogP contribution is 2.44. The van der Waals surface area contributed by atoms with Crippen molar-refractivity contribution in [3.05, 3.63) is 29.8 Å². The fraction of sp³-hybridized carbons (Fsp3) is 0.500. The van der Waals surface area contributed by atoms with E-state index >= 15 is 0 Å². The lowest BCUT2D eigenvalue weighted by molar-refractivity contribution is 0.495. The molecule has 3 rings (SSSR count). The molecule has 1 aliphatic carbocycles. The van der Waals surface area contributed by atoms with Crippen molar-refractivity contribution in [3.63, 3.8) is 0 Å². The lowest BCUT2D eigenvalue weighted by atomic mass is 9.85. The van der Waals surface area contributed by atoms with E-state index in [4.69, 9.17) is 0 Å². The van der Waals surface area contributed by atoms with E-state index in [1.807, 2.05) is 0 Å². The third-order valence-electron chi connectivity index (χ3n) is 3.57. The molecule has 0 amide bonds. The van der Waals surface area contributed by atoms with Gasteiger partial charge in [0.05, 0.1) is 0 Å². The fourth-order valence-corrected chi connectivity index (χ4v) is 2.91. The Hall–Kier alpha value is -0.980. The molecule has 68 valence electrons. The zero-order valence-corrected chi connectivity index (χ0v) is 7.79. The van der Waals surface area contributed by atoms with Gasteiger partial charge in [-0.15, -0.1) is 0 Å². The van der Waals surface area contributed by atoms with E-state index < -0.39 is 0 Å². The van der Waals surface area contributed by atoms with Gasteiger partial charge in [0.1, 0.15) is 0 Å². The summed E-state index contributed by atoms with van der Waals surface area (Å²) >= 11 is 0. The maximum Gasteiger partial charge on any atom is 0.0375 e. The molecule has 1 saturated carbocycles. The van der Waals surface area contributed by atoms with Gasteiger partial charge in [-0.1, -0.05) is 24.6 Å². The number of rotatable bonds is 0. The second-order valence-electron chi connectivity index (χ2n) is 4.27. The second kappa shape index (κ2) is 2.76. The molecule has 1 N–H and O–H groups in total. The van der Waals surface area contributed by atoms with Crippen LogP contribution in [0.5, 0.6) is 0 Å². The molecule has 0 bridgehead atoms. The molecule has 0 aromatic heterocycles. The predicted octanol–water partition coefficient (Wildman–Crippen LogP) is 3.00. The first-order chi connectivity index (χ1) is 6.45. The average Bonchev–Trinajstić information content (AvgIpc) is 2.65. The number of para-hydroxylation sites is 1. The molecule has 0 radical (unpaired) electrons. The van der Waals surface area contributed by atoms with Crippen LogP contribution in [-0.2, 0) is 0 Å². The zero-order chi connectivity index (χ0) is 8.67. The fourth-order valence-electron chi connectivity index (χ4n) is 2.91. The molecule has 1 unspecified atom stereocenters. The molecule has 1 heteroatoms. The molecule has 0 saturated heterocycles. The maximum absolute atomic E-state index is 3.53. The van der Waals surface area contributed by atoms with E-state index in [2.05, 4.69) is 29.6 Å². The Balaban J connectivity index is 2.06. The molecule has 2 aliphatic rings. The van der Waals surface area contributed by atoms with Crippen molar-refractivity contribution in [2.45, 2.75) is 25.2 Å². The number of nitrogens with one attached hydrogen (secondary N) is 1. The molecule has 13 heavy (non-hydrogen) atoms.